The van der Waals surface area contributed by atoms with Crippen LogP contribution in [0.4, 0.5) is 4.39 Å². The molecule has 0 atom stereocenters. The zero-order valence-corrected chi connectivity index (χ0v) is 16.1. The van der Waals surface area contributed by atoms with E-state index in [1.165, 1.54) is 29.2 Å². The first kappa shape index (κ1) is 22.1. The number of nitrogens with zero attached hydrogens (tertiary/aromatic N) is 1. The molecule has 0 aromatic heterocycles. The van der Waals surface area contributed by atoms with Crippen molar-refractivity contribution in [1.29, 1.82) is 0 Å². The summed E-state index contributed by atoms with van der Waals surface area (Å²) < 4.78 is 42.4. The number of sulfone groups is 1. The molecule has 26 heavy (non-hydrogen) atoms. The lowest BCUT2D eigenvalue weighted by Gasteiger charge is -2.10. The zero-order valence-electron chi connectivity index (χ0n) is 15.3. The van der Waals surface area contributed by atoms with Crippen LogP contribution in [0, 0.1) is 0 Å². The van der Waals surface area contributed by atoms with Gasteiger partial charge in [-0.25, -0.2) is 12.8 Å². The molecule has 0 aliphatic rings. The highest BCUT2D eigenvalue weighted by molar-refractivity contribution is 7.91. The summed E-state index contributed by atoms with van der Waals surface area (Å²) >= 11 is 0. The largest absolute Gasteiger partial charge is 0.489 e. The minimum atomic E-state index is -3.38. The topological polar surface area (TPSA) is 89.7 Å². The van der Waals surface area contributed by atoms with Gasteiger partial charge in [-0.3, -0.25) is 4.79 Å². The van der Waals surface area contributed by atoms with Crippen LogP contribution in [0.2, 0.25) is 0 Å². The molecule has 0 saturated carbocycles. The average Bonchev–Trinajstić information content (AvgIpc) is 2.62. The molecular weight excluding hydrogens is 359 g/mol. The molecule has 146 valence electrons. The zero-order chi connectivity index (χ0) is 19.6. The van der Waals surface area contributed by atoms with E-state index >= 15 is 0 Å². The minimum Gasteiger partial charge on any atom is -0.489 e. The van der Waals surface area contributed by atoms with Gasteiger partial charge in [0.25, 0.3) is 0 Å². The molecule has 8 heteroatoms. The maximum absolute atomic E-state index is 12.4. The lowest BCUT2D eigenvalue weighted by Crippen LogP contribution is -2.21. The third-order valence-corrected chi connectivity index (χ3v) is 5.64. The molecule has 0 fully saturated rings. The second-order valence-electron chi connectivity index (χ2n) is 6.15. The summed E-state index contributed by atoms with van der Waals surface area (Å²) in [5, 5.41) is 0. The highest BCUT2D eigenvalue weighted by atomic mass is 32.2. The first-order chi connectivity index (χ1) is 12.3. The molecule has 0 bridgehead atoms. The van der Waals surface area contributed by atoms with Crippen LogP contribution in [0.1, 0.15) is 25.7 Å². The summed E-state index contributed by atoms with van der Waals surface area (Å²) in [5.41, 5.74) is 5.65. The first-order valence-corrected chi connectivity index (χ1v) is 10.1. The van der Waals surface area contributed by atoms with E-state index in [9.17, 15) is 17.6 Å². The van der Waals surface area contributed by atoms with E-state index < -0.39 is 9.84 Å². The molecule has 6 nitrogen and oxygen atoms in total. The number of benzene rings is 1. The molecule has 1 aromatic rings. The third kappa shape index (κ3) is 7.53. The smallest absolute Gasteiger partial charge is 0.222 e. The number of unbranched alkanes of at least 4 members (excludes halogenated alkanes) is 2. The average molecular weight is 386 g/mol. The van der Waals surface area contributed by atoms with Crippen LogP contribution in [0.25, 0.3) is 0 Å². The van der Waals surface area contributed by atoms with E-state index in [1.807, 2.05) is 0 Å². The molecule has 0 unspecified atom stereocenters. The predicted octanol–water partition coefficient (Wildman–Crippen LogP) is 2.30. The van der Waals surface area contributed by atoms with Gasteiger partial charge in [0.1, 0.15) is 12.4 Å². The van der Waals surface area contributed by atoms with Crippen LogP contribution >= 0.6 is 0 Å². The van der Waals surface area contributed by atoms with Crippen LogP contribution in [-0.2, 0) is 14.6 Å². The van der Waals surface area contributed by atoms with Gasteiger partial charge in [-0.2, -0.15) is 0 Å². The number of rotatable bonds is 11. The summed E-state index contributed by atoms with van der Waals surface area (Å²) in [6.45, 7) is 0.0773. The Balaban J connectivity index is 2.47. The van der Waals surface area contributed by atoms with Crippen molar-refractivity contribution >= 4 is 15.7 Å². The summed E-state index contributed by atoms with van der Waals surface area (Å²) in [7, 11) is 0.0216. The second-order valence-corrected chi connectivity index (χ2v) is 8.26. The molecule has 0 aliphatic heterocycles. The maximum atomic E-state index is 12.4. The molecule has 0 saturated heterocycles. The highest BCUT2D eigenvalue weighted by Gasteiger charge is 2.14. The van der Waals surface area contributed by atoms with Gasteiger partial charge < -0.3 is 15.4 Å². The number of halogens is 1. The molecular formula is C18H27FN2O4S. The van der Waals surface area contributed by atoms with Crippen LogP contribution in [0.3, 0.4) is 0 Å². The number of hydrogen-bond acceptors (Lipinski definition) is 5. The summed E-state index contributed by atoms with van der Waals surface area (Å²) in [5.74, 6) is 0.522. The van der Waals surface area contributed by atoms with Gasteiger partial charge in [0.15, 0.2) is 9.84 Å². The van der Waals surface area contributed by atoms with Crippen LogP contribution in [0.5, 0.6) is 5.75 Å². The molecule has 0 aliphatic carbocycles. The number of carbonyl (C=O) groups is 1. The highest BCUT2D eigenvalue weighted by Crippen LogP contribution is 2.19. The fourth-order valence-corrected chi connectivity index (χ4v) is 3.51. The van der Waals surface area contributed by atoms with Gasteiger partial charge >= 0.3 is 0 Å². The Kier molecular flexibility index (Phi) is 9.29. The number of hydrogen-bond donors (Lipinski definition) is 1. The Hall–Kier alpha value is -1.93. The van der Waals surface area contributed by atoms with Gasteiger partial charge in [0.2, 0.25) is 5.91 Å². The van der Waals surface area contributed by atoms with Crippen molar-refractivity contribution in [2.45, 2.75) is 30.6 Å². The van der Waals surface area contributed by atoms with E-state index in [-0.39, 0.29) is 29.7 Å². The number of carbonyl (C=O) groups excluding carboxylic acids is 1. The van der Waals surface area contributed by atoms with Crippen LogP contribution < -0.4 is 10.5 Å². The van der Waals surface area contributed by atoms with E-state index in [0.29, 0.717) is 43.3 Å². The van der Waals surface area contributed by atoms with Crippen molar-refractivity contribution in [3.05, 3.63) is 36.2 Å². The number of nitrogens with two attached hydrogens (primary N) is 1. The fraction of sp³-hybridized carbons (Fsp3) is 0.500. The lowest BCUT2D eigenvalue weighted by atomic mass is 10.2. The summed E-state index contributed by atoms with van der Waals surface area (Å²) in [6, 6.07) is 6.02. The van der Waals surface area contributed by atoms with Crippen molar-refractivity contribution in [2.24, 2.45) is 5.73 Å². The van der Waals surface area contributed by atoms with Gasteiger partial charge in [-0.15, -0.1) is 0 Å². The van der Waals surface area contributed by atoms with Gasteiger partial charge in [0.05, 0.1) is 17.0 Å². The van der Waals surface area contributed by atoms with Crippen molar-refractivity contribution in [3.63, 3.8) is 0 Å². The standard InChI is InChI=1S/C18H27FN2O4S/c1-21(2)18(22)6-4-3-5-11-26(23,24)17-9-7-16(8-10-17)25-14-15(12-19)13-20/h7-10,12H,3-6,11,13-14,20H2,1-2H3/b15-12+. The minimum absolute atomic E-state index is 0.0186. The van der Waals surface area contributed by atoms with Crippen molar-refractivity contribution in [2.75, 3.05) is 33.0 Å². The monoisotopic (exact) mass is 386 g/mol. The normalized spacial score (nSPS) is 12.1. The van der Waals surface area contributed by atoms with Crippen molar-refractivity contribution in [3.8, 4) is 5.75 Å². The van der Waals surface area contributed by atoms with Gasteiger partial charge in [0, 0.05) is 32.6 Å². The van der Waals surface area contributed by atoms with Gasteiger partial charge in [-0.1, -0.05) is 6.42 Å². The lowest BCUT2D eigenvalue weighted by molar-refractivity contribution is -0.128. The van der Waals surface area contributed by atoms with E-state index in [1.54, 1.807) is 14.1 Å². The Morgan fingerprint density at radius 3 is 2.38 bits per heavy atom. The van der Waals surface area contributed by atoms with E-state index in [2.05, 4.69) is 0 Å². The first-order valence-electron chi connectivity index (χ1n) is 8.44. The van der Waals surface area contributed by atoms with Crippen molar-refractivity contribution in [1.82, 2.24) is 4.90 Å². The molecule has 0 spiro atoms. The molecule has 0 heterocycles. The SMILES string of the molecule is CN(C)C(=O)CCCCCS(=O)(=O)c1ccc(OC/C(=C/F)CN)cc1. The van der Waals surface area contributed by atoms with E-state index in [0.717, 1.165) is 0 Å². The maximum Gasteiger partial charge on any atom is 0.222 e. The molecule has 1 rings (SSSR count). The van der Waals surface area contributed by atoms with Crippen LogP contribution in [-0.4, -0.2) is 52.2 Å². The van der Waals surface area contributed by atoms with Gasteiger partial charge in [-0.05, 0) is 37.1 Å². The summed E-state index contributed by atoms with van der Waals surface area (Å²) in [4.78, 5) is 13.2. The van der Waals surface area contributed by atoms with E-state index in [4.69, 9.17) is 10.5 Å². The predicted molar refractivity (Wildman–Crippen MR) is 99.4 cm³/mol. The van der Waals surface area contributed by atoms with Crippen LogP contribution in [0.15, 0.2) is 41.1 Å². The summed E-state index contributed by atoms with van der Waals surface area (Å²) in [6.07, 6.45) is 2.69. The number of ether oxygens (including phenoxy) is 1. The third-order valence-electron chi connectivity index (χ3n) is 3.83. The Morgan fingerprint density at radius 1 is 1.19 bits per heavy atom. The molecule has 0 radical (unpaired) electrons. The fourth-order valence-electron chi connectivity index (χ4n) is 2.14. The molecule has 2 N–H and O–H groups in total. The number of amides is 1. The quantitative estimate of drug-likeness (QED) is 0.590. The Morgan fingerprint density at radius 2 is 1.85 bits per heavy atom. The van der Waals surface area contributed by atoms with Crippen molar-refractivity contribution < 1.29 is 22.3 Å². The molecule has 1 aromatic carbocycles. The Labute approximate surface area is 154 Å². The Bertz CT molecular complexity index is 700. The second kappa shape index (κ2) is 10.9. The molecule has 1 amide bonds.